The Morgan fingerprint density at radius 3 is 2.26 bits per heavy atom. The zero-order valence-electron chi connectivity index (χ0n) is 23.4. The van der Waals surface area contributed by atoms with Crippen LogP contribution in [-0.2, 0) is 19.1 Å². The quantitative estimate of drug-likeness (QED) is 0.373. The van der Waals surface area contributed by atoms with Gasteiger partial charge in [0.05, 0.1) is 26.6 Å². The second-order valence-electron chi connectivity index (χ2n) is 11.6. The van der Waals surface area contributed by atoms with Crippen molar-refractivity contribution in [1.29, 1.82) is 0 Å². The van der Waals surface area contributed by atoms with E-state index in [1.165, 1.54) is 39.0 Å². The van der Waals surface area contributed by atoms with Crippen molar-refractivity contribution in [3.05, 3.63) is 34.9 Å². The maximum absolute atomic E-state index is 13.5. The number of esters is 2. The molecule has 1 aliphatic heterocycles. The molecule has 0 amide bonds. The van der Waals surface area contributed by atoms with Gasteiger partial charge in [0, 0.05) is 23.5 Å². The van der Waals surface area contributed by atoms with Crippen molar-refractivity contribution in [2.75, 3.05) is 28.3 Å². The summed E-state index contributed by atoms with van der Waals surface area (Å²) in [6.45, 7) is 0. The average molecular weight is 546 g/mol. The highest BCUT2D eigenvalue weighted by Crippen LogP contribution is 2.47. The van der Waals surface area contributed by atoms with Crippen LogP contribution in [0.2, 0.25) is 5.02 Å². The van der Waals surface area contributed by atoms with Crippen LogP contribution in [0.3, 0.4) is 0 Å². The first-order valence-corrected chi connectivity index (χ1v) is 14.6. The summed E-state index contributed by atoms with van der Waals surface area (Å²) in [6.07, 6.45) is 12.4. The number of nitrogens with zero attached hydrogens (tertiary/aromatic N) is 3. The Morgan fingerprint density at radius 2 is 1.68 bits per heavy atom. The minimum atomic E-state index is -1.07. The van der Waals surface area contributed by atoms with Crippen LogP contribution in [0.25, 0.3) is 0 Å². The van der Waals surface area contributed by atoms with Crippen molar-refractivity contribution in [3.63, 3.8) is 0 Å². The van der Waals surface area contributed by atoms with Crippen LogP contribution in [0, 0.1) is 11.8 Å². The summed E-state index contributed by atoms with van der Waals surface area (Å²) in [7, 11) is 7.12. The van der Waals surface area contributed by atoms with Gasteiger partial charge in [0.25, 0.3) is 0 Å². The predicted molar refractivity (Wildman–Crippen MR) is 150 cm³/mol. The van der Waals surface area contributed by atoms with Crippen molar-refractivity contribution >= 4 is 29.9 Å². The predicted octanol–water partition coefficient (Wildman–Crippen LogP) is 5.66. The van der Waals surface area contributed by atoms with E-state index in [4.69, 9.17) is 26.1 Å². The van der Waals surface area contributed by atoms with Crippen LogP contribution < -0.4 is 0 Å². The molecular formula is C30H44ClN3O4. The summed E-state index contributed by atoms with van der Waals surface area (Å²) in [5.74, 6) is 0.144. The van der Waals surface area contributed by atoms with E-state index in [0.717, 1.165) is 43.5 Å². The van der Waals surface area contributed by atoms with Gasteiger partial charge in [0.2, 0.25) is 0 Å². The van der Waals surface area contributed by atoms with Gasteiger partial charge in [-0.15, -0.1) is 0 Å². The average Bonchev–Trinajstić information content (AvgIpc) is 3.33. The van der Waals surface area contributed by atoms with Gasteiger partial charge in [-0.2, -0.15) is 0 Å². The summed E-state index contributed by atoms with van der Waals surface area (Å²) < 4.78 is 10.3. The van der Waals surface area contributed by atoms with Gasteiger partial charge in [-0.25, -0.2) is 4.79 Å². The van der Waals surface area contributed by atoms with Crippen LogP contribution in [-0.4, -0.2) is 74.0 Å². The third kappa shape index (κ3) is 6.04. The maximum Gasteiger partial charge on any atom is 0.336 e. The molecule has 2 saturated carbocycles. The lowest BCUT2D eigenvalue weighted by atomic mass is 9.68. The minimum absolute atomic E-state index is 0.100. The number of rotatable bonds is 9. The van der Waals surface area contributed by atoms with Crippen molar-refractivity contribution in [2.45, 2.75) is 94.3 Å². The molecule has 4 rings (SSSR count). The highest BCUT2D eigenvalue weighted by atomic mass is 35.5. The minimum Gasteiger partial charge on any atom is -0.469 e. The first-order valence-electron chi connectivity index (χ1n) is 14.2. The summed E-state index contributed by atoms with van der Waals surface area (Å²) in [6, 6.07) is 8.83. The molecule has 0 N–H and O–H groups in total. The normalized spacial score (nSPS) is 28.9. The van der Waals surface area contributed by atoms with E-state index in [1.807, 2.05) is 18.5 Å². The lowest BCUT2D eigenvalue weighted by Crippen LogP contribution is -2.58. The second kappa shape index (κ2) is 12.8. The first kappa shape index (κ1) is 28.9. The lowest BCUT2D eigenvalue weighted by Gasteiger charge is -2.47. The van der Waals surface area contributed by atoms with Crippen LogP contribution in [0.15, 0.2) is 29.3 Å². The van der Waals surface area contributed by atoms with Gasteiger partial charge < -0.3 is 19.3 Å². The van der Waals surface area contributed by atoms with Gasteiger partial charge in [-0.1, -0.05) is 43.0 Å². The molecule has 38 heavy (non-hydrogen) atoms. The lowest BCUT2D eigenvalue weighted by molar-refractivity contribution is -0.151. The standard InChI is InChI=1S/C30H44ClN3O4/c1-33(2)27(22-14-16-24(31)17-15-22)21-10-12-23(13-11-21)28-30(29(36)38-4,19-18-26(35)37-3)32-20-34(28)25-8-6-5-7-9-25/h14-17,20-21,23,25,27-28H,5-13,18-19H2,1-4H3. The fourth-order valence-corrected chi connectivity index (χ4v) is 7.51. The number of carbonyl (C=O) groups is 2. The summed E-state index contributed by atoms with van der Waals surface area (Å²) in [4.78, 5) is 35.2. The number of hydrogen-bond acceptors (Lipinski definition) is 7. The number of ether oxygens (including phenoxy) is 2. The molecule has 0 aromatic heterocycles. The molecule has 8 heteroatoms. The van der Waals surface area contributed by atoms with Gasteiger partial charge in [-0.05, 0) is 88.6 Å². The van der Waals surface area contributed by atoms with E-state index in [2.05, 4.69) is 36.0 Å². The van der Waals surface area contributed by atoms with E-state index < -0.39 is 5.54 Å². The zero-order chi connectivity index (χ0) is 27.3. The fourth-order valence-electron chi connectivity index (χ4n) is 7.39. The molecule has 1 aromatic rings. The molecule has 2 fully saturated rings. The highest BCUT2D eigenvalue weighted by Gasteiger charge is 2.56. The molecule has 0 bridgehead atoms. The van der Waals surface area contributed by atoms with Crippen LogP contribution in [0.1, 0.15) is 82.2 Å². The molecule has 1 heterocycles. The zero-order valence-corrected chi connectivity index (χ0v) is 24.2. The van der Waals surface area contributed by atoms with Gasteiger partial charge in [0.1, 0.15) is 0 Å². The molecule has 0 radical (unpaired) electrons. The molecule has 210 valence electrons. The van der Waals surface area contributed by atoms with Crippen molar-refractivity contribution in [1.82, 2.24) is 9.80 Å². The third-order valence-corrected chi connectivity index (χ3v) is 9.43. The van der Waals surface area contributed by atoms with Crippen molar-refractivity contribution in [2.24, 2.45) is 16.8 Å². The van der Waals surface area contributed by atoms with E-state index >= 15 is 0 Å². The Kier molecular flexibility index (Phi) is 9.74. The van der Waals surface area contributed by atoms with Gasteiger partial charge in [0.15, 0.2) is 5.54 Å². The van der Waals surface area contributed by atoms with E-state index in [0.29, 0.717) is 30.3 Å². The van der Waals surface area contributed by atoms with Crippen molar-refractivity contribution in [3.8, 4) is 0 Å². The monoisotopic (exact) mass is 545 g/mol. The number of carbonyl (C=O) groups excluding carboxylic acids is 2. The SMILES string of the molecule is COC(=O)CCC1(C(=O)OC)N=CN(C2CCCCC2)C1C1CCC(C(c2ccc(Cl)cc2)N(C)C)CC1. The van der Waals surface area contributed by atoms with Crippen LogP contribution in [0.4, 0.5) is 0 Å². The number of aliphatic imine (C=N–C) groups is 1. The molecule has 3 aliphatic rings. The topological polar surface area (TPSA) is 71.4 Å². The third-order valence-electron chi connectivity index (χ3n) is 9.18. The molecule has 1 aromatic carbocycles. The van der Waals surface area contributed by atoms with Crippen molar-refractivity contribution < 1.29 is 19.1 Å². The smallest absolute Gasteiger partial charge is 0.336 e. The van der Waals surface area contributed by atoms with E-state index in [1.54, 1.807) is 0 Å². The Hall–Kier alpha value is -2.12. The molecule has 7 nitrogen and oxygen atoms in total. The molecule has 3 unspecified atom stereocenters. The Labute approximate surface area is 232 Å². The summed E-state index contributed by atoms with van der Waals surface area (Å²) in [5, 5.41) is 0.755. The maximum atomic E-state index is 13.5. The van der Waals surface area contributed by atoms with Gasteiger partial charge >= 0.3 is 11.9 Å². The fraction of sp³-hybridized carbons (Fsp3) is 0.700. The van der Waals surface area contributed by atoms with Crippen LogP contribution in [0.5, 0.6) is 0 Å². The molecule has 2 aliphatic carbocycles. The molecule has 3 atom stereocenters. The Morgan fingerprint density at radius 1 is 1.03 bits per heavy atom. The molecule has 0 spiro atoms. The Balaban J connectivity index is 1.58. The summed E-state index contributed by atoms with van der Waals surface area (Å²) in [5.41, 5.74) is 0.215. The number of hydrogen-bond donors (Lipinski definition) is 0. The number of benzene rings is 1. The molecule has 0 saturated heterocycles. The second-order valence-corrected chi connectivity index (χ2v) is 12.0. The Bertz CT molecular complexity index is 970. The highest BCUT2D eigenvalue weighted by molar-refractivity contribution is 6.30. The molecular weight excluding hydrogens is 502 g/mol. The van der Waals surface area contributed by atoms with E-state index in [-0.39, 0.29) is 24.4 Å². The number of halogens is 1. The van der Waals surface area contributed by atoms with E-state index in [9.17, 15) is 9.59 Å². The van der Waals surface area contributed by atoms with Crippen LogP contribution >= 0.6 is 11.6 Å². The first-order chi connectivity index (χ1) is 18.3. The van der Waals surface area contributed by atoms with Gasteiger partial charge in [-0.3, -0.25) is 9.79 Å². The summed E-state index contributed by atoms with van der Waals surface area (Å²) >= 11 is 6.17. The largest absolute Gasteiger partial charge is 0.469 e. The number of methoxy groups -OCH3 is 2.